The number of aryl methyl sites for hydroxylation is 2. The van der Waals surface area contributed by atoms with Gasteiger partial charge in [-0.05, 0) is 31.6 Å². The molecule has 124 valence electrons. The lowest BCUT2D eigenvalue weighted by Gasteiger charge is -2.09. The van der Waals surface area contributed by atoms with E-state index in [1.165, 1.54) is 5.56 Å². The van der Waals surface area contributed by atoms with E-state index in [-0.39, 0.29) is 0 Å². The van der Waals surface area contributed by atoms with Crippen molar-refractivity contribution < 1.29 is 0 Å². The summed E-state index contributed by atoms with van der Waals surface area (Å²) in [6, 6.07) is 12.1. The fraction of sp³-hybridized carbons (Fsp3) is 0.235. The second-order valence-corrected chi connectivity index (χ2v) is 6.05. The van der Waals surface area contributed by atoms with Crippen LogP contribution in [0.3, 0.4) is 0 Å². The Labute approximate surface area is 146 Å². The Bertz CT molecular complexity index is 849. The molecule has 2 aromatic heterocycles. The van der Waals surface area contributed by atoms with Crippen LogP contribution >= 0.6 is 12.2 Å². The molecule has 0 aliphatic rings. The van der Waals surface area contributed by atoms with Gasteiger partial charge < -0.3 is 10.6 Å². The third-order valence-electron chi connectivity index (χ3n) is 3.75. The van der Waals surface area contributed by atoms with Gasteiger partial charge in [-0.2, -0.15) is 10.2 Å². The number of nitrogens with zero attached hydrogens (tertiary/aromatic N) is 4. The van der Waals surface area contributed by atoms with E-state index in [9.17, 15) is 0 Å². The third kappa shape index (κ3) is 3.62. The monoisotopic (exact) mass is 340 g/mol. The van der Waals surface area contributed by atoms with E-state index in [4.69, 9.17) is 12.2 Å². The Balaban J connectivity index is 1.73. The van der Waals surface area contributed by atoms with Crippen molar-refractivity contribution in [3.05, 3.63) is 59.5 Å². The lowest BCUT2D eigenvalue weighted by atomic mass is 10.2. The van der Waals surface area contributed by atoms with E-state index >= 15 is 0 Å². The van der Waals surface area contributed by atoms with Crippen LogP contribution in [-0.4, -0.2) is 24.7 Å². The number of aromatic nitrogens is 4. The number of thiocarbonyl (C=S) groups is 1. The Hall–Kier alpha value is -2.67. The van der Waals surface area contributed by atoms with Crippen molar-refractivity contribution in [2.24, 2.45) is 7.05 Å². The van der Waals surface area contributed by atoms with Crippen molar-refractivity contribution in [2.45, 2.75) is 20.4 Å². The van der Waals surface area contributed by atoms with E-state index in [2.05, 4.69) is 33.0 Å². The Kier molecular flexibility index (Phi) is 4.61. The molecule has 0 radical (unpaired) electrons. The number of hydrogen-bond donors (Lipinski definition) is 2. The molecule has 7 heteroatoms. The molecule has 1 aromatic carbocycles. The molecule has 2 heterocycles. The number of rotatable bonds is 4. The van der Waals surface area contributed by atoms with E-state index in [0.29, 0.717) is 10.9 Å². The van der Waals surface area contributed by atoms with Crippen LogP contribution in [-0.2, 0) is 13.6 Å². The van der Waals surface area contributed by atoms with Crippen molar-refractivity contribution in [2.75, 3.05) is 10.6 Å². The molecule has 0 spiro atoms. The predicted octanol–water partition coefficient (Wildman–Crippen LogP) is 3.09. The predicted molar refractivity (Wildman–Crippen MR) is 100 cm³/mol. The quantitative estimate of drug-likeness (QED) is 0.715. The van der Waals surface area contributed by atoms with E-state index < -0.39 is 0 Å². The van der Waals surface area contributed by atoms with Gasteiger partial charge in [-0.15, -0.1) is 0 Å². The maximum Gasteiger partial charge on any atom is 0.176 e. The molecule has 24 heavy (non-hydrogen) atoms. The molecule has 0 saturated heterocycles. The van der Waals surface area contributed by atoms with E-state index in [1.54, 1.807) is 4.68 Å². The highest BCUT2D eigenvalue weighted by atomic mass is 32.1. The molecule has 0 unspecified atom stereocenters. The lowest BCUT2D eigenvalue weighted by Crippen LogP contribution is -2.20. The maximum atomic E-state index is 5.38. The fourth-order valence-electron chi connectivity index (χ4n) is 2.53. The van der Waals surface area contributed by atoms with Crippen molar-refractivity contribution >= 4 is 28.8 Å². The Morgan fingerprint density at radius 3 is 2.50 bits per heavy atom. The van der Waals surface area contributed by atoms with Gasteiger partial charge in [0, 0.05) is 19.3 Å². The minimum absolute atomic E-state index is 0.499. The molecule has 0 saturated carbocycles. The van der Waals surface area contributed by atoms with Crippen LogP contribution in [0.15, 0.2) is 42.6 Å². The highest BCUT2D eigenvalue weighted by Gasteiger charge is 2.13. The van der Waals surface area contributed by atoms with Gasteiger partial charge >= 0.3 is 0 Å². The van der Waals surface area contributed by atoms with Gasteiger partial charge in [0.1, 0.15) is 0 Å². The number of hydrogen-bond acceptors (Lipinski definition) is 3. The summed E-state index contributed by atoms with van der Waals surface area (Å²) in [5, 5.41) is 15.7. The molecular weight excluding hydrogens is 320 g/mol. The molecule has 3 aromatic rings. The van der Waals surface area contributed by atoms with Crippen LogP contribution in [0.25, 0.3) is 0 Å². The summed E-state index contributed by atoms with van der Waals surface area (Å²) in [7, 11) is 1.86. The van der Waals surface area contributed by atoms with Gasteiger partial charge in [0.15, 0.2) is 10.9 Å². The molecular formula is C17H20N6S. The molecule has 0 aliphatic heterocycles. The standard InChI is InChI=1S/C17H20N6S/c1-12-16(19-17(24)18-15-9-10-22(3)21-15)13(2)23(20-12)11-14-7-5-4-6-8-14/h4-10H,11H2,1-3H3,(H2,18,19,21,24). The van der Waals surface area contributed by atoms with Gasteiger partial charge in [0.2, 0.25) is 0 Å². The smallest absolute Gasteiger partial charge is 0.176 e. The van der Waals surface area contributed by atoms with Crippen molar-refractivity contribution in [3.63, 3.8) is 0 Å². The zero-order chi connectivity index (χ0) is 17.1. The first-order chi connectivity index (χ1) is 11.5. The molecule has 0 fully saturated rings. The van der Waals surface area contributed by atoms with Crippen LogP contribution in [0.5, 0.6) is 0 Å². The van der Waals surface area contributed by atoms with E-state index in [0.717, 1.165) is 23.6 Å². The summed E-state index contributed by atoms with van der Waals surface area (Å²) >= 11 is 5.38. The first kappa shape index (κ1) is 16.2. The minimum Gasteiger partial charge on any atom is -0.329 e. The summed E-state index contributed by atoms with van der Waals surface area (Å²) in [4.78, 5) is 0. The fourth-order valence-corrected chi connectivity index (χ4v) is 2.74. The van der Waals surface area contributed by atoms with Gasteiger partial charge in [0.05, 0.1) is 23.6 Å². The second-order valence-electron chi connectivity index (χ2n) is 5.64. The number of benzene rings is 1. The van der Waals surface area contributed by atoms with Crippen LogP contribution in [0.2, 0.25) is 0 Å². The highest BCUT2D eigenvalue weighted by Crippen LogP contribution is 2.20. The van der Waals surface area contributed by atoms with Crippen molar-refractivity contribution in [1.29, 1.82) is 0 Å². The number of anilines is 2. The third-order valence-corrected chi connectivity index (χ3v) is 3.95. The highest BCUT2D eigenvalue weighted by molar-refractivity contribution is 7.80. The molecule has 0 atom stereocenters. The average Bonchev–Trinajstić information content (AvgIpc) is 3.07. The zero-order valence-electron chi connectivity index (χ0n) is 13.9. The first-order valence-electron chi connectivity index (χ1n) is 7.68. The normalized spacial score (nSPS) is 10.6. The first-order valence-corrected chi connectivity index (χ1v) is 8.09. The molecule has 0 amide bonds. The Morgan fingerprint density at radius 2 is 1.83 bits per heavy atom. The van der Waals surface area contributed by atoms with Gasteiger partial charge in [0.25, 0.3) is 0 Å². The molecule has 3 rings (SSSR count). The Morgan fingerprint density at radius 1 is 1.08 bits per heavy atom. The summed E-state index contributed by atoms with van der Waals surface area (Å²) in [5.41, 5.74) is 4.10. The van der Waals surface area contributed by atoms with Gasteiger partial charge in [-0.3, -0.25) is 9.36 Å². The molecule has 6 nitrogen and oxygen atoms in total. The summed E-state index contributed by atoms with van der Waals surface area (Å²) < 4.78 is 3.70. The van der Waals surface area contributed by atoms with Crippen LogP contribution in [0.1, 0.15) is 17.0 Å². The summed E-state index contributed by atoms with van der Waals surface area (Å²) in [5.74, 6) is 0.710. The SMILES string of the molecule is Cc1nn(Cc2ccccc2)c(C)c1NC(=S)Nc1ccn(C)n1. The van der Waals surface area contributed by atoms with Crippen LogP contribution in [0.4, 0.5) is 11.5 Å². The van der Waals surface area contributed by atoms with Gasteiger partial charge in [-0.1, -0.05) is 30.3 Å². The molecule has 2 N–H and O–H groups in total. The second kappa shape index (κ2) is 6.84. The summed E-state index contributed by atoms with van der Waals surface area (Å²) in [6.07, 6.45) is 1.86. The van der Waals surface area contributed by atoms with E-state index in [1.807, 2.05) is 56.0 Å². The van der Waals surface area contributed by atoms with Gasteiger partial charge in [-0.25, -0.2) is 0 Å². The van der Waals surface area contributed by atoms with Crippen LogP contribution in [0, 0.1) is 13.8 Å². The molecule has 0 bridgehead atoms. The maximum absolute atomic E-state index is 5.38. The number of nitrogens with one attached hydrogen (secondary N) is 2. The lowest BCUT2D eigenvalue weighted by molar-refractivity contribution is 0.659. The van der Waals surface area contributed by atoms with Crippen molar-refractivity contribution in [3.8, 4) is 0 Å². The topological polar surface area (TPSA) is 59.7 Å². The minimum atomic E-state index is 0.499. The largest absolute Gasteiger partial charge is 0.329 e. The summed E-state index contributed by atoms with van der Waals surface area (Å²) in [6.45, 7) is 4.74. The van der Waals surface area contributed by atoms with Crippen molar-refractivity contribution in [1.82, 2.24) is 19.6 Å². The van der Waals surface area contributed by atoms with Crippen LogP contribution < -0.4 is 10.6 Å². The zero-order valence-corrected chi connectivity index (χ0v) is 14.8. The average molecular weight is 340 g/mol. The molecule has 0 aliphatic carbocycles.